The summed E-state index contributed by atoms with van der Waals surface area (Å²) in [6.45, 7) is 0. The molecule has 3 aliphatic rings. The van der Waals surface area contributed by atoms with Gasteiger partial charge in [-0.1, -0.05) is 6.42 Å². The lowest BCUT2D eigenvalue weighted by atomic mass is 9.83. The molecule has 1 aromatic rings. The van der Waals surface area contributed by atoms with Gasteiger partial charge in [0.2, 0.25) is 0 Å². The van der Waals surface area contributed by atoms with Crippen molar-refractivity contribution in [2.75, 3.05) is 0 Å². The Morgan fingerprint density at radius 1 is 1.12 bits per heavy atom. The number of carbonyl (C=O) groups is 1. The fourth-order valence-corrected chi connectivity index (χ4v) is 3.89. The molecule has 1 saturated carbocycles. The minimum absolute atomic E-state index is 0.0658. The molecule has 24 heavy (non-hydrogen) atoms. The van der Waals surface area contributed by atoms with Crippen LogP contribution in [-0.2, 0) is 4.79 Å². The number of rotatable bonds is 2. The Bertz CT molecular complexity index is 971. The van der Waals surface area contributed by atoms with E-state index < -0.39 is 11.9 Å². The van der Waals surface area contributed by atoms with Crippen molar-refractivity contribution < 1.29 is 19.4 Å². The van der Waals surface area contributed by atoms with Gasteiger partial charge >= 0.3 is 5.97 Å². The average molecular weight is 324 g/mol. The Kier molecular flexibility index (Phi) is 3.30. The highest BCUT2D eigenvalue weighted by molar-refractivity contribution is 5.90. The lowest BCUT2D eigenvalue weighted by Crippen LogP contribution is -2.18. The Morgan fingerprint density at radius 2 is 1.96 bits per heavy atom. The van der Waals surface area contributed by atoms with Gasteiger partial charge in [0.25, 0.3) is 0 Å². The third-order valence-corrected chi connectivity index (χ3v) is 4.92. The summed E-state index contributed by atoms with van der Waals surface area (Å²) in [4.78, 5) is 23.3. The molecule has 0 bridgehead atoms. The SMILES string of the molecule is O=C(O)C1CCCC1c1c2ccc(=O)cc-2oc2cc(O)ccc12. The first-order valence-corrected chi connectivity index (χ1v) is 7.97. The molecule has 0 saturated heterocycles. The second-order valence-corrected chi connectivity index (χ2v) is 6.34. The highest BCUT2D eigenvalue weighted by Crippen LogP contribution is 2.47. The van der Waals surface area contributed by atoms with E-state index in [0.29, 0.717) is 17.8 Å². The molecule has 2 aliphatic carbocycles. The molecule has 2 unspecified atom stereocenters. The minimum atomic E-state index is -0.793. The van der Waals surface area contributed by atoms with Crippen LogP contribution >= 0.6 is 0 Å². The van der Waals surface area contributed by atoms with Gasteiger partial charge in [-0.15, -0.1) is 0 Å². The number of aromatic hydroxyl groups is 1. The van der Waals surface area contributed by atoms with Crippen molar-refractivity contribution in [2.24, 2.45) is 5.92 Å². The zero-order valence-corrected chi connectivity index (χ0v) is 12.9. The molecule has 5 nitrogen and oxygen atoms in total. The van der Waals surface area contributed by atoms with Gasteiger partial charge in [0.05, 0.1) is 5.92 Å². The lowest BCUT2D eigenvalue weighted by molar-refractivity contribution is -0.141. The van der Waals surface area contributed by atoms with Crippen LogP contribution in [0.15, 0.2) is 45.6 Å². The van der Waals surface area contributed by atoms with Crippen molar-refractivity contribution in [1.29, 1.82) is 0 Å². The topological polar surface area (TPSA) is 87.7 Å². The number of phenols is 1. The van der Waals surface area contributed by atoms with E-state index in [1.807, 2.05) is 0 Å². The van der Waals surface area contributed by atoms with Gasteiger partial charge in [-0.05, 0) is 48.6 Å². The molecule has 2 N–H and O–H groups in total. The van der Waals surface area contributed by atoms with E-state index in [9.17, 15) is 19.8 Å². The first-order valence-electron chi connectivity index (χ1n) is 7.97. The number of carboxylic acid groups (broad SMARTS) is 1. The number of phenolic OH excluding ortho intramolecular Hbond substituents is 1. The van der Waals surface area contributed by atoms with Gasteiger partial charge in [0, 0.05) is 23.1 Å². The average Bonchev–Trinajstić information content (AvgIpc) is 3.01. The molecule has 122 valence electrons. The summed E-state index contributed by atoms with van der Waals surface area (Å²) < 4.78 is 5.80. The molecule has 1 aliphatic heterocycles. The van der Waals surface area contributed by atoms with Crippen LogP contribution in [0.1, 0.15) is 30.7 Å². The Hall–Kier alpha value is -2.82. The number of hydrogen-bond donors (Lipinski definition) is 2. The maximum absolute atomic E-state index is 11.7. The van der Waals surface area contributed by atoms with E-state index >= 15 is 0 Å². The fourth-order valence-electron chi connectivity index (χ4n) is 3.89. The molecule has 1 heterocycles. The van der Waals surface area contributed by atoms with E-state index in [1.54, 1.807) is 18.2 Å². The van der Waals surface area contributed by atoms with Gasteiger partial charge in [0.15, 0.2) is 5.43 Å². The van der Waals surface area contributed by atoms with E-state index in [2.05, 4.69) is 0 Å². The molecular weight excluding hydrogens is 308 g/mol. The molecule has 0 radical (unpaired) electrons. The Labute approximate surface area is 137 Å². The van der Waals surface area contributed by atoms with Gasteiger partial charge < -0.3 is 14.6 Å². The highest BCUT2D eigenvalue weighted by Gasteiger charge is 2.37. The lowest BCUT2D eigenvalue weighted by Gasteiger charge is -2.22. The molecule has 0 aromatic heterocycles. The second kappa shape index (κ2) is 5.37. The van der Waals surface area contributed by atoms with E-state index in [1.165, 1.54) is 18.2 Å². The Balaban J connectivity index is 2.07. The Morgan fingerprint density at radius 3 is 2.75 bits per heavy atom. The third-order valence-electron chi connectivity index (χ3n) is 4.92. The first kappa shape index (κ1) is 14.8. The van der Waals surface area contributed by atoms with Crippen molar-refractivity contribution in [2.45, 2.75) is 25.2 Å². The summed E-state index contributed by atoms with van der Waals surface area (Å²) in [5.41, 5.74) is 1.96. The summed E-state index contributed by atoms with van der Waals surface area (Å²) in [5, 5.41) is 20.1. The largest absolute Gasteiger partial charge is 0.508 e. The molecule has 0 amide bonds. The minimum Gasteiger partial charge on any atom is -0.508 e. The predicted molar refractivity (Wildman–Crippen MR) is 88.5 cm³/mol. The molecule has 0 spiro atoms. The third kappa shape index (κ3) is 2.24. The summed E-state index contributed by atoms with van der Waals surface area (Å²) in [7, 11) is 0. The predicted octanol–water partition coefficient (Wildman–Crippen LogP) is 3.57. The monoisotopic (exact) mass is 324 g/mol. The van der Waals surface area contributed by atoms with Gasteiger partial charge in [-0.3, -0.25) is 9.59 Å². The quantitative estimate of drug-likeness (QED) is 0.704. The van der Waals surface area contributed by atoms with Crippen LogP contribution in [0.25, 0.3) is 22.3 Å². The number of hydrogen-bond acceptors (Lipinski definition) is 4. The number of fused-ring (bicyclic) bond motifs is 2. The van der Waals surface area contributed by atoms with Gasteiger partial charge in [0.1, 0.15) is 17.1 Å². The van der Waals surface area contributed by atoms with Crippen LogP contribution in [0, 0.1) is 5.92 Å². The molecule has 4 rings (SSSR count). The summed E-state index contributed by atoms with van der Waals surface area (Å²) in [6, 6.07) is 9.41. The van der Waals surface area contributed by atoms with Gasteiger partial charge in [-0.25, -0.2) is 0 Å². The van der Waals surface area contributed by atoms with Crippen LogP contribution < -0.4 is 5.43 Å². The van der Waals surface area contributed by atoms with E-state index in [4.69, 9.17) is 4.42 Å². The molecule has 2 atom stereocenters. The van der Waals surface area contributed by atoms with E-state index in [0.717, 1.165) is 29.4 Å². The summed E-state index contributed by atoms with van der Waals surface area (Å²) in [6.07, 6.45) is 2.28. The van der Waals surface area contributed by atoms with Crippen LogP contribution in [0.2, 0.25) is 0 Å². The zero-order chi connectivity index (χ0) is 16.8. The van der Waals surface area contributed by atoms with Crippen molar-refractivity contribution in [3.8, 4) is 17.1 Å². The van der Waals surface area contributed by atoms with Gasteiger partial charge in [-0.2, -0.15) is 0 Å². The van der Waals surface area contributed by atoms with Crippen molar-refractivity contribution in [3.63, 3.8) is 0 Å². The number of aliphatic carboxylic acids is 1. The number of carboxylic acids is 1. The van der Waals surface area contributed by atoms with Crippen LogP contribution in [0.3, 0.4) is 0 Å². The second-order valence-electron chi connectivity index (χ2n) is 6.34. The van der Waals surface area contributed by atoms with Crippen LogP contribution in [0.4, 0.5) is 0 Å². The van der Waals surface area contributed by atoms with E-state index in [-0.39, 0.29) is 17.1 Å². The molecular formula is C19H16O5. The standard InChI is InChI=1S/C19H16O5/c20-10-4-6-14-16(8-10)24-17-9-11(21)5-7-15(17)18(14)12-2-1-3-13(12)19(22)23/h4-9,12-13,20H,1-3H2,(H,22,23). The van der Waals surface area contributed by atoms with Crippen LogP contribution in [0.5, 0.6) is 5.75 Å². The highest BCUT2D eigenvalue weighted by atomic mass is 16.4. The smallest absolute Gasteiger partial charge is 0.307 e. The summed E-state index contributed by atoms with van der Waals surface area (Å²) >= 11 is 0. The summed E-state index contributed by atoms with van der Waals surface area (Å²) in [5.74, 6) is -0.882. The van der Waals surface area contributed by atoms with Crippen LogP contribution in [-0.4, -0.2) is 16.2 Å². The van der Waals surface area contributed by atoms with Crippen molar-refractivity contribution in [1.82, 2.24) is 0 Å². The van der Waals surface area contributed by atoms with Crippen molar-refractivity contribution >= 4 is 16.9 Å². The maximum Gasteiger partial charge on any atom is 0.307 e. The first-order chi connectivity index (χ1) is 11.5. The van der Waals surface area contributed by atoms with Crippen molar-refractivity contribution in [3.05, 3.63) is 52.2 Å². The zero-order valence-electron chi connectivity index (χ0n) is 12.9. The number of benzene rings is 2. The maximum atomic E-state index is 11.7. The molecule has 5 heteroatoms. The molecule has 1 aromatic carbocycles. The molecule has 1 fully saturated rings. The normalized spacial score (nSPS) is 20.7. The fraction of sp³-hybridized carbons (Fsp3) is 0.263.